The van der Waals surface area contributed by atoms with Gasteiger partial charge in [-0.3, -0.25) is 5.41 Å². The molecule has 1 N–H and O–H groups in total. The van der Waals surface area contributed by atoms with E-state index in [0.717, 1.165) is 32.5 Å². The number of thiophene rings is 1. The van der Waals surface area contributed by atoms with Crippen LogP contribution in [0.25, 0.3) is 31.3 Å². The van der Waals surface area contributed by atoms with Crippen LogP contribution in [0, 0.1) is 5.41 Å². The molecular weight excluding hydrogens is 470 g/mol. The van der Waals surface area contributed by atoms with Crippen molar-refractivity contribution in [2.45, 2.75) is 0 Å². The second-order valence-corrected chi connectivity index (χ2v) is 9.73. The fourth-order valence-electron chi connectivity index (χ4n) is 4.41. The summed E-state index contributed by atoms with van der Waals surface area (Å²) >= 11 is 1.74. The summed E-state index contributed by atoms with van der Waals surface area (Å²) in [6.45, 7) is 0. The predicted octanol–water partition coefficient (Wildman–Crippen LogP) is 8.61. The van der Waals surface area contributed by atoms with Gasteiger partial charge < -0.3 is 0 Å². The zero-order valence-electron chi connectivity index (χ0n) is 20.0. The van der Waals surface area contributed by atoms with E-state index in [1.807, 2.05) is 79.0 Å². The summed E-state index contributed by atoms with van der Waals surface area (Å²) in [6, 6.07) is 42.9. The molecule has 4 heteroatoms. The number of fused-ring (bicyclic) bond motifs is 3. The number of rotatable bonds is 4. The highest BCUT2D eigenvalue weighted by molar-refractivity contribution is 7.26. The Morgan fingerprint density at radius 3 is 2.16 bits per heavy atom. The highest BCUT2D eigenvalue weighted by Crippen LogP contribution is 2.36. The van der Waals surface area contributed by atoms with E-state index < -0.39 is 0 Å². The summed E-state index contributed by atoms with van der Waals surface area (Å²) in [5.74, 6) is 0.708. The number of amidine groups is 2. The quantitative estimate of drug-likeness (QED) is 0.189. The number of nitrogens with zero attached hydrogens (tertiary/aromatic N) is 2. The fourth-order valence-corrected chi connectivity index (χ4v) is 5.62. The van der Waals surface area contributed by atoms with E-state index in [-0.39, 0.29) is 5.84 Å². The first-order chi connectivity index (χ1) is 18.3. The molecule has 0 saturated carbocycles. The average molecular weight is 494 g/mol. The van der Waals surface area contributed by atoms with Gasteiger partial charge in [0, 0.05) is 37.5 Å². The summed E-state index contributed by atoms with van der Waals surface area (Å²) in [7, 11) is 0. The first-order valence-corrected chi connectivity index (χ1v) is 12.9. The lowest BCUT2D eigenvalue weighted by Gasteiger charge is -2.06. The summed E-state index contributed by atoms with van der Waals surface area (Å²) in [5.41, 5.74) is 4.95. The van der Waals surface area contributed by atoms with Crippen LogP contribution in [0.1, 0.15) is 16.7 Å². The average Bonchev–Trinajstić information content (AvgIpc) is 3.35. The maximum absolute atomic E-state index is 8.70. The topological polar surface area (TPSA) is 48.6 Å². The smallest absolute Gasteiger partial charge is 0.163 e. The normalized spacial score (nSPS) is 11.9. The molecule has 0 atom stereocenters. The number of aliphatic imine (C=N–C) groups is 2. The first-order valence-electron chi connectivity index (χ1n) is 12.1. The van der Waals surface area contributed by atoms with Gasteiger partial charge in [-0.25, -0.2) is 9.98 Å². The molecule has 0 aliphatic carbocycles. The second-order valence-electron chi connectivity index (χ2n) is 8.68. The summed E-state index contributed by atoms with van der Waals surface area (Å²) in [6.07, 6.45) is 1.84. The molecule has 0 amide bonds. The molecule has 0 fully saturated rings. The van der Waals surface area contributed by atoms with Crippen LogP contribution in [0.2, 0.25) is 0 Å². The lowest BCUT2D eigenvalue weighted by molar-refractivity contribution is 1.40. The van der Waals surface area contributed by atoms with Crippen LogP contribution in [0.15, 0.2) is 137 Å². The predicted molar refractivity (Wildman–Crippen MR) is 159 cm³/mol. The maximum Gasteiger partial charge on any atom is 0.163 e. The molecule has 0 unspecified atom stereocenters. The molecule has 5 aromatic carbocycles. The maximum atomic E-state index is 8.70. The summed E-state index contributed by atoms with van der Waals surface area (Å²) < 4.78 is 2.35. The van der Waals surface area contributed by atoms with E-state index in [4.69, 9.17) is 15.4 Å². The third kappa shape index (κ3) is 4.75. The van der Waals surface area contributed by atoms with Gasteiger partial charge in [-0.1, -0.05) is 109 Å². The van der Waals surface area contributed by atoms with Crippen molar-refractivity contribution in [3.8, 4) is 11.1 Å². The molecule has 0 aliphatic rings. The number of nitrogens with one attached hydrogen (secondary N) is 1. The highest BCUT2D eigenvalue weighted by Gasteiger charge is 2.13. The molecule has 6 rings (SSSR count). The SMILES string of the molecule is N=C(N=C(N=Cc1cccc(-c2ccccc2)c1)c1cccc2c1sc1ccccc12)c1ccccc1. The summed E-state index contributed by atoms with van der Waals surface area (Å²) in [5, 5.41) is 11.1. The van der Waals surface area contributed by atoms with Gasteiger partial charge in [0.1, 0.15) is 0 Å². The van der Waals surface area contributed by atoms with Crippen LogP contribution in [0.5, 0.6) is 0 Å². The monoisotopic (exact) mass is 493 g/mol. The van der Waals surface area contributed by atoms with Crippen LogP contribution in [-0.4, -0.2) is 17.9 Å². The molecule has 6 aromatic rings. The van der Waals surface area contributed by atoms with E-state index in [1.54, 1.807) is 11.3 Å². The minimum Gasteiger partial charge on any atom is -0.282 e. The van der Waals surface area contributed by atoms with Gasteiger partial charge in [0.25, 0.3) is 0 Å². The molecule has 3 nitrogen and oxygen atoms in total. The van der Waals surface area contributed by atoms with Crippen molar-refractivity contribution in [3.63, 3.8) is 0 Å². The Kier molecular flexibility index (Phi) is 6.24. The van der Waals surface area contributed by atoms with Crippen LogP contribution >= 0.6 is 11.3 Å². The molecule has 176 valence electrons. The van der Waals surface area contributed by atoms with E-state index in [9.17, 15) is 0 Å². The van der Waals surface area contributed by atoms with Crippen molar-refractivity contribution < 1.29 is 0 Å². The minimum absolute atomic E-state index is 0.184. The Hall–Kier alpha value is -4.67. The number of hydrogen-bond acceptors (Lipinski definition) is 2. The number of benzene rings is 5. The zero-order chi connectivity index (χ0) is 25.0. The molecule has 0 aliphatic heterocycles. The van der Waals surface area contributed by atoms with Crippen LogP contribution in [0.3, 0.4) is 0 Å². The molecule has 0 saturated heterocycles. The van der Waals surface area contributed by atoms with Crippen molar-refractivity contribution in [3.05, 3.63) is 144 Å². The Balaban J connectivity index is 1.46. The van der Waals surface area contributed by atoms with Crippen molar-refractivity contribution in [2.75, 3.05) is 0 Å². The van der Waals surface area contributed by atoms with Crippen molar-refractivity contribution >= 4 is 49.4 Å². The van der Waals surface area contributed by atoms with Gasteiger partial charge in [0.05, 0.1) is 0 Å². The van der Waals surface area contributed by atoms with Gasteiger partial charge in [-0.2, -0.15) is 0 Å². The van der Waals surface area contributed by atoms with E-state index in [2.05, 4.69) is 54.6 Å². The molecule has 1 heterocycles. The van der Waals surface area contributed by atoms with Gasteiger partial charge >= 0.3 is 0 Å². The standard InChI is InChI=1S/C33H23N3S/c34-32(25-14-5-2-6-15-25)36-33(29-19-10-18-28-27-17-7-8-20-30(27)37-31(28)29)35-22-23-11-9-16-26(21-23)24-12-3-1-4-13-24/h1-22,34H. The Morgan fingerprint density at radius 2 is 1.32 bits per heavy atom. The van der Waals surface area contributed by atoms with E-state index in [1.165, 1.54) is 15.5 Å². The molecular formula is C33H23N3S. The van der Waals surface area contributed by atoms with Gasteiger partial charge in [0.2, 0.25) is 0 Å². The first kappa shape index (κ1) is 22.8. The fraction of sp³-hybridized carbons (Fsp3) is 0. The number of hydrogen-bond donors (Lipinski definition) is 1. The highest BCUT2D eigenvalue weighted by atomic mass is 32.1. The second kappa shape index (κ2) is 10.1. The zero-order valence-corrected chi connectivity index (χ0v) is 20.8. The largest absolute Gasteiger partial charge is 0.282 e. The minimum atomic E-state index is 0.184. The lowest BCUT2D eigenvalue weighted by atomic mass is 10.0. The molecule has 0 spiro atoms. The van der Waals surface area contributed by atoms with Crippen molar-refractivity contribution in [1.82, 2.24) is 0 Å². The van der Waals surface area contributed by atoms with Crippen molar-refractivity contribution in [2.24, 2.45) is 9.98 Å². The Labute approximate surface area is 219 Å². The third-order valence-electron chi connectivity index (χ3n) is 6.24. The lowest BCUT2D eigenvalue weighted by Crippen LogP contribution is -2.05. The Bertz CT molecular complexity index is 1780. The molecule has 37 heavy (non-hydrogen) atoms. The van der Waals surface area contributed by atoms with Crippen LogP contribution in [-0.2, 0) is 0 Å². The molecule has 0 bridgehead atoms. The molecule has 0 radical (unpaired) electrons. The van der Waals surface area contributed by atoms with Crippen LogP contribution < -0.4 is 0 Å². The van der Waals surface area contributed by atoms with Gasteiger partial charge in [-0.05, 0) is 34.9 Å². The van der Waals surface area contributed by atoms with Crippen molar-refractivity contribution in [1.29, 1.82) is 5.41 Å². The Morgan fingerprint density at radius 1 is 0.649 bits per heavy atom. The van der Waals surface area contributed by atoms with Crippen LogP contribution in [0.4, 0.5) is 0 Å². The molecule has 1 aromatic heterocycles. The van der Waals surface area contributed by atoms with Gasteiger partial charge in [0.15, 0.2) is 11.7 Å². The van der Waals surface area contributed by atoms with E-state index >= 15 is 0 Å². The summed E-state index contributed by atoms with van der Waals surface area (Å²) in [4.78, 5) is 9.62. The third-order valence-corrected chi connectivity index (χ3v) is 7.46. The van der Waals surface area contributed by atoms with E-state index in [0.29, 0.717) is 5.84 Å². The van der Waals surface area contributed by atoms with Gasteiger partial charge in [-0.15, -0.1) is 11.3 Å².